The van der Waals surface area contributed by atoms with Crippen molar-refractivity contribution in [3.05, 3.63) is 57.3 Å². The fourth-order valence-corrected chi connectivity index (χ4v) is 4.45. The quantitative estimate of drug-likeness (QED) is 0.266. The van der Waals surface area contributed by atoms with Gasteiger partial charge in [0.1, 0.15) is 11.5 Å². The molecule has 166 valence electrons. The van der Waals surface area contributed by atoms with Gasteiger partial charge in [-0.3, -0.25) is 9.59 Å². The van der Waals surface area contributed by atoms with Crippen LogP contribution in [0.5, 0.6) is 5.75 Å². The van der Waals surface area contributed by atoms with Crippen LogP contribution in [-0.4, -0.2) is 48.6 Å². The Kier molecular flexibility index (Phi) is 7.51. The second kappa shape index (κ2) is 10.1. The van der Waals surface area contributed by atoms with E-state index < -0.39 is 17.7 Å². The number of hydrogen-bond acceptors (Lipinski definition) is 6. The molecule has 1 N–H and O–H groups in total. The summed E-state index contributed by atoms with van der Waals surface area (Å²) in [5.74, 6) is -0.285. The van der Waals surface area contributed by atoms with Crippen molar-refractivity contribution in [3.8, 4) is 5.75 Å². The van der Waals surface area contributed by atoms with E-state index in [-0.39, 0.29) is 11.3 Å². The third-order valence-electron chi connectivity index (χ3n) is 5.12. The van der Waals surface area contributed by atoms with Crippen molar-refractivity contribution in [2.24, 2.45) is 5.92 Å². The topological polar surface area (TPSA) is 76.1 Å². The van der Waals surface area contributed by atoms with E-state index >= 15 is 0 Å². The number of hydrogen-bond donors (Lipinski definition) is 1. The molecule has 0 radical (unpaired) electrons. The molecule has 0 spiro atoms. The fraction of sp³-hybridized carbons (Fsp3) is 0.417. The van der Waals surface area contributed by atoms with Gasteiger partial charge in [0.15, 0.2) is 0 Å². The number of likely N-dealkylation sites (tertiary alicyclic amines) is 1. The number of ether oxygens (including phenoxy) is 2. The number of Topliss-reactive ketones (excluding diaryl/α,β-unsaturated/α-hetero) is 1. The SMILES string of the molecule is COCCCN1C(=O)C(=O)/C(=C(/O)c2ccc(OCC(C)C)c(C)c2)C1c1cccs1. The second-order valence-corrected chi connectivity index (χ2v) is 9.02. The van der Waals surface area contributed by atoms with Crippen molar-refractivity contribution >= 4 is 28.8 Å². The highest BCUT2D eigenvalue weighted by Crippen LogP contribution is 2.41. The van der Waals surface area contributed by atoms with E-state index in [9.17, 15) is 14.7 Å². The lowest BCUT2D eigenvalue weighted by Crippen LogP contribution is -2.31. The maximum Gasteiger partial charge on any atom is 0.295 e. The summed E-state index contributed by atoms with van der Waals surface area (Å²) in [6.07, 6.45) is 0.604. The number of nitrogens with zero attached hydrogens (tertiary/aromatic N) is 1. The van der Waals surface area contributed by atoms with Crippen molar-refractivity contribution in [1.82, 2.24) is 4.90 Å². The molecule has 1 aliphatic rings. The van der Waals surface area contributed by atoms with Crippen molar-refractivity contribution in [2.45, 2.75) is 33.2 Å². The van der Waals surface area contributed by atoms with E-state index in [4.69, 9.17) is 9.47 Å². The molecule has 1 fully saturated rings. The predicted octanol–water partition coefficient (Wildman–Crippen LogP) is 4.55. The molecule has 31 heavy (non-hydrogen) atoms. The number of thiophene rings is 1. The number of benzene rings is 1. The normalized spacial score (nSPS) is 18.2. The van der Waals surface area contributed by atoms with E-state index in [1.54, 1.807) is 25.3 Å². The zero-order valence-corrected chi connectivity index (χ0v) is 19.2. The highest BCUT2D eigenvalue weighted by Gasteiger charge is 2.46. The zero-order chi connectivity index (χ0) is 22.5. The Morgan fingerprint density at radius 1 is 1.26 bits per heavy atom. The number of rotatable bonds is 9. The van der Waals surface area contributed by atoms with Gasteiger partial charge in [0, 0.05) is 30.7 Å². The number of ketones is 1. The Morgan fingerprint density at radius 2 is 2.03 bits per heavy atom. The lowest BCUT2D eigenvalue weighted by molar-refractivity contribution is -0.140. The first-order valence-electron chi connectivity index (χ1n) is 10.4. The molecular formula is C24H29NO5S. The minimum Gasteiger partial charge on any atom is -0.507 e. The largest absolute Gasteiger partial charge is 0.507 e. The van der Waals surface area contributed by atoms with E-state index in [1.807, 2.05) is 24.4 Å². The minimum atomic E-state index is -0.661. The molecule has 1 atom stereocenters. The smallest absolute Gasteiger partial charge is 0.295 e. The molecule has 6 nitrogen and oxygen atoms in total. The Hall–Kier alpha value is -2.64. The maximum absolute atomic E-state index is 12.9. The van der Waals surface area contributed by atoms with Gasteiger partial charge < -0.3 is 19.5 Å². The van der Waals surface area contributed by atoms with Crippen molar-refractivity contribution < 1.29 is 24.2 Å². The maximum atomic E-state index is 12.9. The van der Waals surface area contributed by atoms with Crippen LogP contribution in [-0.2, 0) is 14.3 Å². The summed E-state index contributed by atoms with van der Waals surface area (Å²) in [6.45, 7) is 7.50. The van der Waals surface area contributed by atoms with Crippen LogP contribution in [0.15, 0.2) is 41.3 Å². The van der Waals surface area contributed by atoms with Crippen molar-refractivity contribution in [1.29, 1.82) is 0 Å². The molecule has 2 heterocycles. The average Bonchev–Trinajstić information content (AvgIpc) is 3.35. The van der Waals surface area contributed by atoms with E-state index in [0.29, 0.717) is 37.7 Å². The van der Waals surface area contributed by atoms with Gasteiger partial charge in [0.2, 0.25) is 0 Å². The molecular weight excluding hydrogens is 414 g/mol. The van der Waals surface area contributed by atoms with Gasteiger partial charge in [-0.1, -0.05) is 19.9 Å². The molecule has 1 aromatic heterocycles. The van der Waals surface area contributed by atoms with Crippen LogP contribution in [0.2, 0.25) is 0 Å². The molecule has 0 aliphatic carbocycles. The first kappa shape index (κ1) is 23.0. The lowest BCUT2D eigenvalue weighted by atomic mass is 9.98. The van der Waals surface area contributed by atoms with Gasteiger partial charge >= 0.3 is 0 Å². The first-order chi connectivity index (χ1) is 14.8. The molecule has 2 aromatic rings. The fourth-order valence-electron chi connectivity index (χ4n) is 3.60. The van der Waals surface area contributed by atoms with Crippen molar-refractivity contribution in [2.75, 3.05) is 26.9 Å². The van der Waals surface area contributed by atoms with Gasteiger partial charge in [0.05, 0.1) is 18.2 Å². The minimum absolute atomic E-state index is 0.125. The Labute approximate surface area is 187 Å². The third kappa shape index (κ3) is 4.99. The van der Waals surface area contributed by atoms with Crippen LogP contribution < -0.4 is 4.74 Å². The van der Waals surface area contributed by atoms with Gasteiger partial charge in [-0.2, -0.15) is 0 Å². The summed E-state index contributed by atoms with van der Waals surface area (Å²) in [5.41, 5.74) is 1.47. The molecule has 1 amide bonds. The van der Waals surface area contributed by atoms with Crippen LogP contribution >= 0.6 is 11.3 Å². The van der Waals surface area contributed by atoms with Crippen LogP contribution in [0.1, 0.15) is 42.3 Å². The van der Waals surface area contributed by atoms with Crippen LogP contribution in [0.25, 0.3) is 5.76 Å². The highest BCUT2D eigenvalue weighted by molar-refractivity contribution is 7.10. The number of carbonyl (C=O) groups excluding carboxylic acids is 2. The zero-order valence-electron chi connectivity index (χ0n) is 18.4. The van der Waals surface area contributed by atoms with Crippen LogP contribution in [0.4, 0.5) is 0 Å². The standard InChI is InChI=1S/C24H29NO5S/c1-15(2)14-30-18-9-8-17(13-16(18)3)22(26)20-21(19-7-5-12-31-19)25(10-6-11-29-4)24(28)23(20)27/h5,7-9,12-13,15,21,26H,6,10-11,14H2,1-4H3/b22-20+. The van der Waals surface area contributed by atoms with Gasteiger partial charge in [-0.05, 0) is 54.5 Å². The summed E-state index contributed by atoms with van der Waals surface area (Å²) in [7, 11) is 1.60. The van der Waals surface area contributed by atoms with Crippen LogP contribution in [0, 0.1) is 12.8 Å². The Balaban J connectivity index is 2.00. The monoisotopic (exact) mass is 443 g/mol. The highest BCUT2D eigenvalue weighted by atomic mass is 32.1. The number of carbonyl (C=O) groups is 2. The number of aliphatic hydroxyl groups excluding tert-OH is 1. The number of methoxy groups -OCH3 is 1. The Morgan fingerprint density at radius 3 is 2.65 bits per heavy atom. The summed E-state index contributed by atoms with van der Waals surface area (Å²) in [4.78, 5) is 28.1. The summed E-state index contributed by atoms with van der Waals surface area (Å²) < 4.78 is 10.9. The molecule has 1 unspecified atom stereocenters. The summed E-state index contributed by atoms with van der Waals surface area (Å²) in [6, 6.07) is 8.46. The molecule has 0 saturated carbocycles. The Bertz CT molecular complexity index is 964. The van der Waals surface area contributed by atoms with Gasteiger partial charge in [-0.15, -0.1) is 11.3 Å². The molecule has 0 bridgehead atoms. The van der Waals surface area contributed by atoms with Gasteiger partial charge in [-0.25, -0.2) is 0 Å². The van der Waals surface area contributed by atoms with Crippen LogP contribution in [0.3, 0.4) is 0 Å². The molecule has 3 rings (SSSR count). The summed E-state index contributed by atoms with van der Waals surface area (Å²) in [5, 5.41) is 13.0. The van der Waals surface area contributed by atoms with E-state index in [1.165, 1.54) is 16.2 Å². The second-order valence-electron chi connectivity index (χ2n) is 8.04. The average molecular weight is 444 g/mol. The molecule has 1 aliphatic heterocycles. The molecule has 7 heteroatoms. The lowest BCUT2D eigenvalue weighted by Gasteiger charge is -2.24. The number of aryl methyl sites for hydroxylation is 1. The van der Waals surface area contributed by atoms with E-state index in [2.05, 4.69) is 13.8 Å². The third-order valence-corrected chi connectivity index (χ3v) is 6.05. The number of aliphatic hydroxyl groups is 1. The van der Waals surface area contributed by atoms with Gasteiger partial charge in [0.25, 0.3) is 11.7 Å². The number of amides is 1. The summed E-state index contributed by atoms with van der Waals surface area (Å²) >= 11 is 1.46. The first-order valence-corrected chi connectivity index (χ1v) is 11.3. The molecule has 1 aromatic carbocycles. The molecule has 1 saturated heterocycles. The van der Waals surface area contributed by atoms with E-state index in [0.717, 1.165) is 16.2 Å². The van der Waals surface area contributed by atoms with Crippen molar-refractivity contribution in [3.63, 3.8) is 0 Å². The predicted molar refractivity (Wildman–Crippen MR) is 121 cm³/mol.